The lowest BCUT2D eigenvalue weighted by Crippen LogP contribution is -2.43. The number of nitrogens with zero attached hydrogens (tertiary/aromatic N) is 2. The number of nitrogens with one attached hydrogen (secondary N) is 1. The fourth-order valence-corrected chi connectivity index (χ4v) is 4.59. The van der Waals surface area contributed by atoms with Crippen molar-refractivity contribution in [2.24, 2.45) is 0 Å². The number of halogens is 2. The Bertz CT molecular complexity index is 1120. The molecule has 3 amide bonds. The molecule has 0 aliphatic carbocycles. The van der Waals surface area contributed by atoms with Crippen LogP contribution in [-0.2, 0) is 9.59 Å². The van der Waals surface area contributed by atoms with Gasteiger partial charge in [0.15, 0.2) is 0 Å². The van der Waals surface area contributed by atoms with Crippen LogP contribution >= 0.6 is 23.2 Å². The van der Waals surface area contributed by atoms with Gasteiger partial charge in [0.25, 0.3) is 17.7 Å². The van der Waals surface area contributed by atoms with Crippen molar-refractivity contribution >= 4 is 52.3 Å². The first kappa shape index (κ1) is 22.4. The summed E-state index contributed by atoms with van der Waals surface area (Å²) in [6, 6.07) is 13.6. The van der Waals surface area contributed by atoms with Gasteiger partial charge in [-0.05, 0) is 62.1 Å². The molecular formula is C24H23Cl2N3O3. The van der Waals surface area contributed by atoms with E-state index in [1.807, 2.05) is 4.90 Å². The highest BCUT2D eigenvalue weighted by atomic mass is 35.5. The summed E-state index contributed by atoms with van der Waals surface area (Å²) in [6.07, 6.45) is 4.06. The lowest BCUT2D eigenvalue weighted by Gasteiger charge is -2.35. The maximum atomic E-state index is 13.1. The lowest BCUT2D eigenvalue weighted by atomic mass is 9.99. The second-order valence-corrected chi connectivity index (χ2v) is 8.69. The second-order valence-electron chi connectivity index (χ2n) is 7.88. The number of carbonyl (C=O) groups is 3. The minimum absolute atomic E-state index is 0.0327. The fourth-order valence-electron chi connectivity index (χ4n) is 4.19. The third-order valence-electron chi connectivity index (χ3n) is 5.83. The van der Waals surface area contributed by atoms with Crippen LogP contribution in [0.4, 0.5) is 11.4 Å². The minimum atomic E-state index is -0.632. The molecule has 1 saturated heterocycles. The van der Waals surface area contributed by atoms with Gasteiger partial charge in [-0.3, -0.25) is 14.4 Å². The molecule has 6 nitrogen and oxygen atoms in total. The average Bonchev–Trinajstić information content (AvgIpc) is 3.01. The number of benzene rings is 2. The molecule has 1 atom stereocenters. The SMILES string of the molecule is CCC1CCCCN1C(=O)c1cccc(NC2=C(Cl)C(=O)N(c3cccc(Cl)c3)C2=O)c1. The Morgan fingerprint density at radius 1 is 1.06 bits per heavy atom. The lowest BCUT2D eigenvalue weighted by molar-refractivity contribution is -0.120. The first-order valence-electron chi connectivity index (χ1n) is 10.6. The van der Waals surface area contributed by atoms with Gasteiger partial charge in [-0.1, -0.05) is 42.3 Å². The summed E-state index contributed by atoms with van der Waals surface area (Å²) in [6.45, 7) is 2.84. The Morgan fingerprint density at radius 2 is 1.84 bits per heavy atom. The van der Waals surface area contributed by atoms with Crippen LogP contribution in [0.25, 0.3) is 0 Å². The van der Waals surface area contributed by atoms with Crippen molar-refractivity contribution in [1.29, 1.82) is 0 Å². The topological polar surface area (TPSA) is 69.7 Å². The van der Waals surface area contributed by atoms with Gasteiger partial charge in [-0.25, -0.2) is 4.90 Å². The number of imide groups is 1. The molecule has 2 aromatic carbocycles. The molecule has 4 rings (SSSR count). The van der Waals surface area contributed by atoms with Gasteiger partial charge >= 0.3 is 0 Å². The zero-order valence-corrected chi connectivity index (χ0v) is 19.1. The maximum Gasteiger partial charge on any atom is 0.283 e. The molecule has 8 heteroatoms. The van der Waals surface area contributed by atoms with Gasteiger partial charge in [-0.15, -0.1) is 0 Å². The predicted molar refractivity (Wildman–Crippen MR) is 126 cm³/mol. The predicted octanol–water partition coefficient (Wildman–Crippen LogP) is 5.18. The van der Waals surface area contributed by atoms with Gasteiger partial charge < -0.3 is 10.2 Å². The van der Waals surface area contributed by atoms with Crippen molar-refractivity contribution in [3.8, 4) is 0 Å². The van der Waals surface area contributed by atoms with E-state index in [9.17, 15) is 14.4 Å². The number of amides is 3. The fraction of sp³-hybridized carbons (Fsp3) is 0.292. The number of anilines is 2. The summed E-state index contributed by atoms with van der Waals surface area (Å²) >= 11 is 12.2. The smallest absolute Gasteiger partial charge is 0.283 e. The molecule has 1 N–H and O–H groups in total. The third kappa shape index (κ3) is 4.25. The quantitative estimate of drug-likeness (QED) is 0.609. The van der Waals surface area contributed by atoms with E-state index in [4.69, 9.17) is 23.2 Å². The van der Waals surface area contributed by atoms with E-state index in [-0.39, 0.29) is 22.7 Å². The van der Waals surface area contributed by atoms with E-state index < -0.39 is 11.8 Å². The van der Waals surface area contributed by atoms with Crippen LogP contribution < -0.4 is 10.2 Å². The number of rotatable bonds is 5. The minimum Gasteiger partial charge on any atom is -0.350 e. The highest BCUT2D eigenvalue weighted by Crippen LogP contribution is 2.31. The molecule has 0 bridgehead atoms. The molecule has 0 aromatic heterocycles. The molecule has 0 radical (unpaired) electrons. The molecule has 32 heavy (non-hydrogen) atoms. The molecule has 0 spiro atoms. The Labute approximate surface area is 196 Å². The Hall–Kier alpha value is -2.83. The van der Waals surface area contributed by atoms with Gasteiger partial charge in [0.1, 0.15) is 10.7 Å². The summed E-state index contributed by atoms with van der Waals surface area (Å²) in [4.78, 5) is 41.7. The van der Waals surface area contributed by atoms with Crippen molar-refractivity contribution < 1.29 is 14.4 Å². The monoisotopic (exact) mass is 471 g/mol. The summed E-state index contributed by atoms with van der Waals surface area (Å²) in [5.74, 6) is -1.25. The van der Waals surface area contributed by atoms with Crippen molar-refractivity contribution in [2.45, 2.75) is 38.6 Å². The first-order valence-corrected chi connectivity index (χ1v) is 11.4. The molecule has 0 saturated carbocycles. The summed E-state index contributed by atoms with van der Waals surface area (Å²) in [5.41, 5.74) is 1.33. The Morgan fingerprint density at radius 3 is 2.59 bits per heavy atom. The second kappa shape index (κ2) is 9.35. The summed E-state index contributed by atoms with van der Waals surface area (Å²) in [5, 5.41) is 3.12. The van der Waals surface area contributed by atoms with E-state index in [2.05, 4.69) is 12.2 Å². The van der Waals surface area contributed by atoms with Crippen LogP contribution in [0, 0.1) is 0 Å². The molecule has 2 aliphatic heterocycles. The Kier molecular flexibility index (Phi) is 6.53. The zero-order chi connectivity index (χ0) is 22.8. The average molecular weight is 472 g/mol. The Balaban J connectivity index is 1.56. The highest BCUT2D eigenvalue weighted by molar-refractivity contribution is 6.53. The van der Waals surface area contributed by atoms with Crippen molar-refractivity contribution in [3.63, 3.8) is 0 Å². The van der Waals surface area contributed by atoms with Gasteiger partial charge in [0.2, 0.25) is 0 Å². The number of piperidine rings is 1. The van der Waals surface area contributed by atoms with E-state index in [0.717, 1.165) is 37.1 Å². The van der Waals surface area contributed by atoms with Gasteiger partial charge in [-0.2, -0.15) is 0 Å². The van der Waals surface area contributed by atoms with Crippen LogP contribution in [0.2, 0.25) is 5.02 Å². The standard InChI is InChI=1S/C24H23Cl2N3O3/c1-2-18-10-3-4-12-28(18)22(30)15-7-5-9-17(13-15)27-21-20(26)23(31)29(24(21)32)19-11-6-8-16(25)14-19/h5-9,11,13-14,18,27H,2-4,10,12H2,1H3. The molecule has 1 fully saturated rings. The van der Waals surface area contributed by atoms with Crippen LogP contribution in [0.5, 0.6) is 0 Å². The number of carbonyl (C=O) groups excluding carboxylic acids is 3. The molecule has 2 aromatic rings. The van der Waals surface area contributed by atoms with Crippen LogP contribution in [0.1, 0.15) is 43.0 Å². The molecule has 2 aliphatic rings. The van der Waals surface area contributed by atoms with Crippen LogP contribution in [-0.4, -0.2) is 35.2 Å². The highest BCUT2D eigenvalue weighted by Gasteiger charge is 2.39. The number of hydrogen-bond acceptors (Lipinski definition) is 4. The molecule has 1 unspecified atom stereocenters. The van der Waals surface area contributed by atoms with Crippen LogP contribution in [0.15, 0.2) is 59.3 Å². The van der Waals surface area contributed by atoms with Crippen molar-refractivity contribution in [2.75, 3.05) is 16.8 Å². The summed E-state index contributed by atoms with van der Waals surface area (Å²) in [7, 11) is 0. The summed E-state index contributed by atoms with van der Waals surface area (Å²) < 4.78 is 0. The van der Waals surface area contributed by atoms with Crippen molar-refractivity contribution in [3.05, 3.63) is 69.8 Å². The largest absolute Gasteiger partial charge is 0.350 e. The molecule has 2 heterocycles. The van der Waals surface area contributed by atoms with Crippen molar-refractivity contribution in [1.82, 2.24) is 4.90 Å². The first-order chi connectivity index (χ1) is 15.4. The van der Waals surface area contributed by atoms with E-state index in [1.165, 1.54) is 6.07 Å². The normalized spacial score (nSPS) is 19.0. The zero-order valence-electron chi connectivity index (χ0n) is 17.6. The third-order valence-corrected chi connectivity index (χ3v) is 6.42. The van der Waals surface area contributed by atoms with E-state index >= 15 is 0 Å². The van der Waals surface area contributed by atoms with E-state index in [0.29, 0.717) is 22.0 Å². The van der Waals surface area contributed by atoms with Gasteiger partial charge in [0, 0.05) is 28.9 Å². The maximum absolute atomic E-state index is 13.1. The molecular weight excluding hydrogens is 449 g/mol. The van der Waals surface area contributed by atoms with Crippen LogP contribution in [0.3, 0.4) is 0 Å². The van der Waals surface area contributed by atoms with E-state index in [1.54, 1.807) is 42.5 Å². The molecule has 166 valence electrons. The number of likely N-dealkylation sites (tertiary alicyclic amines) is 1. The van der Waals surface area contributed by atoms with Gasteiger partial charge in [0.05, 0.1) is 5.69 Å². The number of hydrogen-bond donors (Lipinski definition) is 1.